The van der Waals surface area contributed by atoms with Crippen LogP contribution in [0.2, 0.25) is 0 Å². The Hall–Kier alpha value is -2.28. The van der Waals surface area contributed by atoms with E-state index in [-0.39, 0.29) is 24.1 Å². The molecule has 1 N–H and O–H groups in total. The molecule has 1 amide bonds. The number of aromatic nitrogens is 1. The Morgan fingerprint density at radius 1 is 1.25 bits per heavy atom. The van der Waals surface area contributed by atoms with E-state index in [1.807, 2.05) is 13.0 Å². The first-order chi connectivity index (χ1) is 11.4. The van der Waals surface area contributed by atoms with Crippen molar-refractivity contribution in [3.63, 3.8) is 0 Å². The summed E-state index contributed by atoms with van der Waals surface area (Å²) >= 11 is 3.29. The van der Waals surface area contributed by atoms with Crippen LogP contribution in [0.25, 0.3) is 0 Å². The Balaban J connectivity index is 2.14. The number of benzene rings is 1. The number of amides is 1. The molecule has 1 aromatic carbocycles. The molecule has 0 aliphatic rings. The fourth-order valence-electron chi connectivity index (χ4n) is 2.32. The van der Waals surface area contributed by atoms with Crippen LogP contribution >= 0.6 is 15.9 Å². The molecule has 0 bridgehead atoms. The van der Waals surface area contributed by atoms with Gasteiger partial charge in [0.25, 0.3) is 5.56 Å². The van der Waals surface area contributed by atoms with Crippen molar-refractivity contribution in [2.45, 2.75) is 19.5 Å². The van der Waals surface area contributed by atoms with Crippen LogP contribution in [0.4, 0.5) is 0 Å². The lowest BCUT2D eigenvalue weighted by Gasteiger charge is -2.18. The minimum absolute atomic E-state index is 0.0606. The third-order valence-corrected chi connectivity index (χ3v) is 4.01. The van der Waals surface area contributed by atoms with Crippen molar-refractivity contribution in [3.05, 3.63) is 56.9 Å². The number of rotatable bonds is 6. The standard InChI is InChI=1S/C17H19BrN2O4/c1-11(14-8-13(23-2)5-6-15(14)24-3)19-16(21)10-20-9-12(18)4-7-17(20)22/h4-9,11H,10H2,1-3H3,(H,19,21). The number of nitrogens with zero attached hydrogens (tertiary/aromatic N) is 1. The number of carbonyl (C=O) groups is 1. The summed E-state index contributed by atoms with van der Waals surface area (Å²) in [6, 6.07) is 8.14. The molecule has 1 aromatic heterocycles. The lowest BCUT2D eigenvalue weighted by molar-refractivity contribution is -0.122. The van der Waals surface area contributed by atoms with Crippen molar-refractivity contribution in [2.24, 2.45) is 0 Å². The van der Waals surface area contributed by atoms with Gasteiger partial charge in [0.05, 0.1) is 20.3 Å². The summed E-state index contributed by atoms with van der Waals surface area (Å²) in [6.07, 6.45) is 1.58. The number of hydrogen-bond donors (Lipinski definition) is 1. The van der Waals surface area contributed by atoms with Crippen molar-refractivity contribution in [1.82, 2.24) is 9.88 Å². The van der Waals surface area contributed by atoms with Crippen molar-refractivity contribution >= 4 is 21.8 Å². The van der Waals surface area contributed by atoms with Crippen LogP contribution in [0.3, 0.4) is 0 Å². The number of hydrogen-bond acceptors (Lipinski definition) is 4. The maximum atomic E-state index is 12.3. The van der Waals surface area contributed by atoms with Crippen LogP contribution in [0.15, 0.2) is 45.8 Å². The second-order valence-corrected chi connectivity index (χ2v) is 6.13. The summed E-state index contributed by atoms with van der Waals surface area (Å²) in [5.41, 5.74) is 0.562. The zero-order chi connectivity index (χ0) is 17.7. The van der Waals surface area contributed by atoms with Gasteiger partial charge in [0.2, 0.25) is 5.91 Å². The van der Waals surface area contributed by atoms with Crippen molar-refractivity contribution < 1.29 is 14.3 Å². The van der Waals surface area contributed by atoms with Gasteiger partial charge >= 0.3 is 0 Å². The minimum atomic E-state index is -0.301. The van der Waals surface area contributed by atoms with E-state index in [9.17, 15) is 9.59 Å². The first-order valence-corrected chi connectivity index (χ1v) is 8.11. The third kappa shape index (κ3) is 4.38. The predicted octanol–water partition coefficient (Wildman–Crippen LogP) is 2.51. The molecule has 0 radical (unpaired) electrons. The van der Waals surface area contributed by atoms with Gasteiger partial charge in [-0.2, -0.15) is 0 Å². The smallest absolute Gasteiger partial charge is 0.251 e. The number of halogens is 1. The van der Waals surface area contributed by atoms with Gasteiger partial charge in [-0.3, -0.25) is 9.59 Å². The molecular formula is C17H19BrN2O4. The number of pyridine rings is 1. The molecular weight excluding hydrogens is 376 g/mol. The molecule has 1 unspecified atom stereocenters. The maximum Gasteiger partial charge on any atom is 0.251 e. The Bertz CT molecular complexity index is 788. The van der Waals surface area contributed by atoms with E-state index >= 15 is 0 Å². The van der Waals surface area contributed by atoms with E-state index in [2.05, 4.69) is 21.2 Å². The first kappa shape index (κ1) is 18.1. The molecule has 0 aliphatic heterocycles. The highest BCUT2D eigenvalue weighted by Crippen LogP contribution is 2.29. The summed E-state index contributed by atoms with van der Waals surface area (Å²) in [5.74, 6) is 1.06. The topological polar surface area (TPSA) is 69.6 Å². The zero-order valence-corrected chi connectivity index (χ0v) is 15.3. The van der Waals surface area contributed by atoms with Crippen LogP contribution in [0.1, 0.15) is 18.5 Å². The molecule has 0 aliphatic carbocycles. The van der Waals surface area contributed by atoms with Gasteiger partial charge in [-0.25, -0.2) is 0 Å². The van der Waals surface area contributed by atoms with Crippen molar-refractivity contribution in [1.29, 1.82) is 0 Å². The summed E-state index contributed by atoms with van der Waals surface area (Å²) < 4.78 is 12.6. The highest BCUT2D eigenvalue weighted by atomic mass is 79.9. The van der Waals surface area contributed by atoms with Crippen LogP contribution in [0.5, 0.6) is 11.5 Å². The summed E-state index contributed by atoms with van der Waals surface area (Å²) in [6.45, 7) is 1.79. The highest BCUT2D eigenvalue weighted by molar-refractivity contribution is 9.10. The largest absolute Gasteiger partial charge is 0.497 e. The maximum absolute atomic E-state index is 12.3. The van der Waals surface area contributed by atoms with E-state index in [1.54, 1.807) is 38.6 Å². The van der Waals surface area contributed by atoms with E-state index in [0.29, 0.717) is 11.5 Å². The molecule has 0 saturated heterocycles. The van der Waals surface area contributed by atoms with Gasteiger partial charge in [0.15, 0.2) is 0 Å². The lowest BCUT2D eigenvalue weighted by Crippen LogP contribution is -2.33. The molecule has 7 heteroatoms. The molecule has 1 atom stereocenters. The Labute approximate surface area is 148 Å². The van der Waals surface area contributed by atoms with Gasteiger partial charge < -0.3 is 19.4 Å². The number of carbonyl (C=O) groups excluding carboxylic acids is 1. The molecule has 128 valence electrons. The lowest BCUT2D eigenvalue weighted by atomic mass is 10.1. The Morgan fingerprint density at radius 3 is 2.67 bits per heavy atom. The Morgan fingerprint density at radius 2 is 2.00 bits per heavy atom. The normalized spacial score (nSPS) is 11.7. The van der Waals surface area contributed by atoms with Crippen molar-refractivity contribution in [2.75, 3.05) is 14.2 Å². The summed E-state index contributed by atoms with van der Waals surface area (Å²) in [7, 11) is 3.15. The number of nitrogens with one attached hydrogen (secondary N) is 1. The minimum Gasteiger partial charge on any atom is -0.497 e. The molecule has 2 rings (SSSR count). The van der Waals surface area contributed by atoms with Gasteiger partial charge in [-0.1, -0.05) is 0 Å². The monoisotopic (exact) mass is 394 g/mol. The number of methoxy groups -OCH3 is 2. The average molecular weight is 395 g/mol. The fraction of sp³-hybridized carbons (Fsp3) is 0.294. The van der Waals surface area contributed by atoms with Crippen LogP contribution in [-0.4, -0.2) is 24.7 Å². The highest BCUT2D eigenvalue weighted by Gasteiger charge is 2.15. The summed E-state index contributed by atoms with van der Waals surface area (Å²) in [5, 5.41) is 2.87. The molecule has 0 spiro atoms. The van der Waals surface area contributed by atoms with E-state index in [1.165, 1.54) is 10.6 Å². The SMILES string of the molecule is COc1ccc(OC)c(C(C)NC(=O)Cn2cc(Br)ccc2=O)c1. The van der Waals surface area contributed by atoms with E-state index in [0.717, 1.165) is 10.0 Å². The first-order valence-electron chi connectivity index (χ1n) is 7.32. The van der Waals surface area contributed by atoms with Crippen LogP contribution in [0, 0.1) is 0 Å². The molecule has 0 fully saturated rings. The van der Waals surface area contributed by atoms with E-state index in [4.69, 9.17) is 9.47 Å². The summed E-state index contributed by atoms with van der Waals surface area (Å²) in [4.78, 5) is 24.0. The van der Waals surface area contributed by atoms with Crippen molar-refractivity contribution in [3.8, 4) is 11.5 Å². The fourth-order valence-corrected chi connectivity index (χ4v) is 2.70. The van der Waals surface area contributed by atoms with Crippen LogP contribution in [-0.2, 0) is 11.3 Å². The Kier molecular flexibility index (Phi) is 6.03. The molecule has 2 aromatic rings. The number of ether oxygens (including phenoxy) is 2. The quantitative estimate of drug-likeness (QED) is 0.816. The second-order valence-electron chi connectivity index (χ2n) is 5.21. The van der Waals surface area contributed by atoms with E-state index < -0.39 is 0 Å². The molecule has 6 nitrogen and oxygen atoms in total. The van der Waals surface area contributed by atoms with Gasteiger partial charge in [0.1, 0.15) is 18.0 Å². The molecule has 24 heavy (non-hydrogen) atoms. The average Bonchev–Trinajstić information content (AvgIpc) is 2.57. The molecule has 1 heterocycles. The van der Waals surface area contributed by atoms with Crippen LogP contribution < -0.4 is 20.3 Å². The third-order valence-electron chi connectivity index (χ3n) is 3.54. The zero-order valence-electron chi connectivity index (χ0n) is 13.7. The molecule has 0 saturated carbocycles. The second kappa shape index (κ2) is 8.01. The predicted molar refractivity (Wildman–Crippen MR) is 94.5 cm³/mol. The van der Waals surface area contributed by atoms with Gasteiger partial charge in [-0.05, 0) is 47.1 Å². The van der Waals surface area contributed by atoms with Gasteiger partial charge in [-0.15, -0.1) is 0 Å². The van der Waals surface area contributed by atoms with Gasteiger partial charge in [0, 0.05) is 22.3 Å².